The van der Waals surface area contributed by atoms with Crippen LogP contribution in [0.15, 0.2) is 66.8 Å². The van der Waals surface area contributed by atoms with E-state index in [1.54, 1.807) is 19.1 Å². The van der Waals surface area contributed by atoms with E-state index in [1.165, 1.54) is 26.0 Å². The van der Waals surface area contributed by atoms with Crippen LogP contribution in [0.2, 0.25) is 0 Å². The number of ether oxygens (including phenoxy) is 1. The lowest BCUT2D eigenvalue weighted by Gasteiger charge is -2.52. The second-order valence-corrected chi connectivity index (χ2v) is 11.0. The predicted molar refractivity (Wildman–Crippen MR) is 139 cm³/mol. The van der Waals surface area contributed by atoms with Gasteiger partial charge < -0.3 is 20.3 Å². The smallest absolute Gasteiger partial charge is 0.303 e. The molecule has 1 amide bonds. The Morgan fingerprint density at radius 3 is 2.51 bits per heavy atom. The zero-order valence-electron chi connectivity index (χ0n) is 21.9. The first-order chi connectivity index (χ1) is 17.4. The number of ketones is 1. The second-order valence-electron chi connectivity index (χ2n) is 11.0. The van der Waals surface area contributed by atoms with E-state index in [1.807, 2.05) is 37.3 Å². The SMILES string of the molecule is C=C1[C@@H](C)[C@H]2[C@@H](Cc3ccccc3)NC(=O)[C@@]23[C@H](/C=C\C[C@H](C)C(=O)[C@](C)(O)/C=C\[C@H]3OC(C)=O)[C@H]1O. The van der Waals surface area contributed by atoms with Crippen molar-refractivity contribution in [3.05, 3.63) is 72.4 Å². The van der Waals surface area contributed by atoms with E-state index >= 15 is 0 Å². The van der Waals surface area contributed by atoms with Gasteiger partial charge in [0.1, 0.15) is 17.1 Å². The van der Waals surface area contributed by atoms with Crippen molar-refractivity contribution in [3.8, 4) is 0 Å². The predicted octanol–water partition coefficient (Wildman–Crippen LogP) is 2.92. The Bertz CT molecular complexity index is 1140. The quantitative estimate of drug-likeness (QED) is 0.428. The largest absolute Gasteiger partial charge is 0.457 e. The lowest BCUT2D eigenvalue weighted by atomic mass is 9.51. The van der Waals surface area contributed by atoms with E-state index in [2.05, 4.69) is 11.9 Å². The number of aliphatic hydroxyl groups excluding tert-OH is 1. The molecule has 2 aliphatic carbocycles. The first kappa shape index (κ1) is 27.0. The van der Waals surface area contributed by atoms with Crippen molar-refractivity contribution >= 4 is 17.7 Å². The number of nitrogens with one attached hydrogen (secondary N) is 1. The highest BCUT2D eigenvalue weighted by atomic mass is 16.5. The summed E-state index contributed by atoms with van der Waals surface area (Å²) in [5.74, 6) is -3.26. The van der Waals surface area contributed by atoms with Gasteiger partial charge in [-0.05, 0) is 49.0 Å². The number of rotatable bonds is 3. The van der Waals surface area contributed by atoms with Crippen LogP contribution in [0.5, 0.6) is 0 Å². The Hall–Kier alpha value is -3.03. The van der Waals surface area contributed by atoms with Gasteiger partial charge in [0.25, 0.3) is 0 Å². The number of Topliss-reactive ketones (excluding diaryl/α,β-unsaturated/α-hetero) is 1. The molecule has 1 aromatic rings. The van der Waals surface area contributed by atoms with Crippen LogP contribution in [0.3, 0.4) is 0 Å². The first-order valence-corrected chi connectivity index (χ1v) is 12.9. The molecule has 7 heteroatoms. The number of amides is 1. The number of aliphatic hydroxyl groups is 2. The maximum atomic E-state index is 14.2. The van der Waals surface area contributed by atoms with E-state index in [-0.39, 0.29) is 23.7 Å². The number of carbonyl (C=O) groups is 3. The van der Waals surface area contributed by atoms with Gasteiger partial charge in [0, 0.05) is 30.7 Å². The van der Waals surface area contributed by atoms with E-state index in [0.29, 0.717) is 18.4 Å². The number of carbonyl (C=O) groups excluding carboxylic acids is 3. The molecule has 3 N–H and O–H groups in total. The summed E-state index contributed by atoms with van der Waals surface area (Å²) < 4.78 is 5.81. The molecule has 1 heterocycles. The van der Waals surface area contributed by atoms with Crippen LogP contribution in [0.4, 0.5) is 0 Å². The van der Waals surface area contributed by atoms with Crippen LogP contribution < -0.4 is 5.32 Å². The zero-order chi connectivity index (χ0) is 27.1. The number of hydrogen-bond acceptors (Lipinski definition) is 6. The fraction of sp³-hybridized carbons (Fsp3) is 0.500. The minimum atomic E-state index is -1.82. The summed E-state index contributed by atoms with van der Waals surface area (Å²) in [5.41, 5.74) is -1.55. The summed E-state index contributed by atoms with van der Waals surface area (Å²) in [6.45, 7) is 10.5. The fourth-order valence-electron chi connectivity index (χ4n) is 6.68. The fourth-order valence-corrected chi connectivity index (χ4v) is 6.68. The van der Waals surface area contributed by atoms with Gasteiger partial charge in [0.15, 0.2) is 5.78 Å². The zero-order valence-corrected chi connectivity index (χ0v) is 21.9. The number of hydrogen-bond donors (Lipinski definition) is 3. The molecule has 1 spiro atoms. The van der Waals surface area contributed by atoms with Crippen molar-refractivity contribution in [3.63, 3.8) is 0 Å². The van der Waals surface area contributed by atoms with Gasteiger partial charge in [-0.1, -0.05) is 62.9 Å². The highest BCUT2D eigenvalue weighted by Gasteiger charge is 2.68. The summed E-state index contributed by atoms with van der Waals surface area (Å²) >= 11 is 0. The second kappa shape index (κ2) is 10.0. The third-order valence-electron chi connectivity index (χ3n) is 8.53. The van der Waals surface area contributed by atoms with Crippen LogP contribution in [0.25, 0.3) is 0 Å². The Morgan fingerprint density at radius 2 is 1.86 bits per heavy atom. The number of esters is 1. The van der Waals surface area contributed by atoms with Gasteiger partial charge in [0.05, 0.1) is 6.10 Å². The Kier molecular flexibility index (Phi) is 7.32. The maximum Gasteiger partial charge on any atom is 0.303 e. The average molecular weight is 508 g/mol. The molecule has 0 bridgehead atoms. The van der Waals surface area contributed by atoms with Crippen molar-refractivity contribution in [2.75, 3.05) is 0 Å². The van der Waals surface area contributed by atoms with Gasteiger partial charge >= 0.3 is 5.97 Å². The average Bonchev–Trinajstić information content (AvgIpc) is 3.13. The molecule has 2 fully saturated rings. The van der Waals surface area contributed by atoms with Gasteiger partial charge in [-0.3, -0.25) is 14.4 Å². The topological polar surface area (TPSA) is 113 Å². The van der Waals surface area contributed by atoms with Gasteiger partial charge in [-0.2, -0.15) is 0 Å². The molecule has 1 saturated heterocycles. The molecular weight excluding hydrogens is 470 g/mol. The van der Waals surface area contributed by atoms with E-state index < -0.39 is 46.9 Å². The molecule has 1 aliphatic heterocycles. The van der Waals surface area contributed by atoms with Crippen molar-refractivity contribution in [2.45, 2.75) is 64.4 Å². The molecule has 0 radical (unpaired) electrons. The van der Waals surface area contributed by atoms with Gasteiger partial charge in [0.2, 0.25) is 5.91 Å². The Balaban J connectivity index is 1.94. The molecular formula is C30H37NO6. The summed E-state index contributed by atoms with van der Waals surface area (Å²) in [5, 5.41) is 25.7. The van der Waals surface area contributed by atoms with Crippen molar-refractivity contribution in [2.24, 2.45) is 29.1 Å². The molecule has 0 unspecified atom stereocenters. The minimum absolute atomic E-state index is 0.287. The highest BCUT2D eigenvalue weighted by Crippen LogP contribution is 2.58. The Labute approximate surface area is 218 Å². The lowest BCUT2D eigenvalue weighted by Crippen LogP contribution is -2.60. The standard InChI is InChI=1S/C30H37NO6/c1-17-10-9-13-22-26(33)19(3)18(2)25-23(16-21-11-7-6-8-12-21)31-28(35)30(22,25)24(37-20(4)32)14-15-29(5,36)27(17)34/h6-9,11-15,17-18,22-26,33,36H,3,10,16H2,1-2,4-5H3,(H,31,35)/b13-9-,15-14-/t17-,18+,22+,23+,24+,25-,26-,29+,30+/m0/s1. The Morgan fingerprint density at radius 1 is 1.19 bits per heavy atom. The molecule has 37 heavy (non-hydrogen) atoms. The third kappa shape index (κ3) is 4.59. The number of allylic oxidation sites excluding steroid dienone is 1. The van der Waals surface area contributed by atoms with Gasteiger partial charge in [-0.15, -0.1) is 0 Å². The molecule has 0 aromatic heterocycles. The minimum Gasteiger partial charge on any atom is -0.457 e. The normalized spacial score (nSPS) is 41.6. The van der Waals surface area contributed by atoms with Crippen LogP contribution in [0, 0.1) is 29.1 Å². The van der Waals surface area contributed by atoms with Crippen molar-refractivity contribution < 1.29 is 29.3 Å². The van der Waals surface area contributed by atoms with Crippen molar-refractivity contribution in [1.82, 2.24) is 5.32 Å². The van der Waals surface area contributed by atoms with Crippen molar-refractivity contribution in [1.29, 1.82) is 0 Å². The van der Waals surface area contributed by atoms with Crippen LogP contribution in [-0.4, -0.2) is 51.7 Å². The van der Waals surface area contributed by atoms with Crippen LogP contribution >= 0.6 is 0 Å². The lowest BCUT2D eigenvalue weighted by molar-refractivity contribution is -0.166. The molecule has 9 atom stereocenters. The van der Waals surface area contributed by atoms with E-state index in [9.17, 15) is 24.6 Å². The molecule has 1 saturated carbocycles. The summed E-state index contributed by atoms with van der Waals surface area (Å²) in [7, 11) is 0. The first-order valence-electron chi connectivity index (χ1n) is 12.9. The maximum absolute atomic E-state index is 14.2. The monoisotopic (exact) mass is 507 g/mol. The summed E-state index contributed by atoms with van der Waals surface area (Å²) in [6, 6.07) is 9.49. The molecule has 1 aromatic carbocycles. The van der Waals surface area contributed by atoms with E-state index in [4.69, 9.17) is 4.74 Å². The van der Waals surface area contributed by atoms with Crippen LogP contribution in [-0.2, 0) is 25.5 Å². The molecule has 3 aliphatic rings. The number of benzene rings is 1. The molecule has 4 rings (SSSR count). The van der Waals surface area contributed by atoms with Gasteiger partial charge in [-0.25, -0.2) is 0 Å². The summed E-state index contributed by atoms with van der Waals surface area (Å²) in [6.07, 6.45) is 5.01. The van der Waals surface area contributed by atoms with E-state index in [0.717, 1.165) is 5.56 Å². The molecule has 7 nitrogen and oxygen atoms in total. The highest BCUT2D eigenvalue weighted by molar-refractivity contribution is 5.91. The third-order valence-corrected chi connectivity index (χ3v) is 8.53. The summed E-state index contributed by atoms with van der Waals surface area (Å²) in [4.78, 5) is 39.5. The van der Waals surface area contributed by atoms with Crippen LogP contribution in [0.1, 0.15) is 39.7 Å². The molecule has 198 valence electrons.